The largest absolute Gasteiger partial charge is 0.382 e. The van der Waals surface area contributed by atoms with Crippen LogP contribution in [0.25, 0.3) is 33.3 Å². The van der Waals surface area contributed by atoms with Crippen molar-refractivity contribution < 1.29 is 4.39 Å². The van der Waals surface area contributed by atoms with Crippen molar-refractivity contribution in [1.82, 2.24) is 19.9 Å². The van der Waals surface area contributed by atoms with Crippen LogP contribution in [0.3, 0.4) is 0 Å². The minimum Gasteiger partial charge on any atom is -0.382 e. The number of benzene rings is 2. The first-order valence-electron chi connectivity index (χ1n) is 8.82. The Morgan fingerprint density at radius 2 is 1.96 bits per heavy atom. The number of aromatic amines is 2. The van der Waals surface area contributed by atoms with Gasteiger partial charge in [-0.05, 0) is 50.5 Å². The van der Waals surface area contributed by atoms with Gasteiger partial charge in [-0.15, -0.1) is 0 Å². The Morgan fingerprint density at radius 3 is 2.75 bits per heavy atom. The van der Waals surface area contributed by atoms with E-state index >= 15 is 0 Å². The molecule has 0 amide bonds. The molecule has 2 aromatic heterocycles. The van der Waals surface area contributed by atoms with Crippen molar-refractivity contribution in [3.63, 3.8) is 0 Å². The zero-order valence-electron chi connectivity index (χ0n) is 15.4. The lowest BCUT2D eigenvalue weighted by molar-refractivity contribution is 0.425. The standard InChI is InChI=1S/C20H19BrFN5O/c1-27(2)8-7-23-18-13-9-11(21)3-5-14(13)26-20(28)17(18)19-24-15-6-4-12(22)10-16(15)25-19/h3-6,9-10H,7-8H2,1-2H3,(H,24,25)(H2,23,26,28). The second-order valence-electron chi connectivity index (χ2n) is 6.87. The maximum absolute atomic E-state index is 13.6. The van der Waals surface area contributed by atoms with E-state index in [1.807, 2.05) is 32.3 Å². The van der Waals surface area contributed by atoms with E-state index in [1.54, 1.807) is 6.07 Å². The van der Waals surface area contributed by atoms with Crippen molar-refractivity contribution in [2.45, 2.75) is 0 Å². The highest BCUT2D eigenvalue weighted by Gasteiger charge is 2.18. The van der Waals surface area contributed by atoms with Crippen LogP contribution in [0, 0.1) is 5.82 Å². The fourth-order valence-corrected chi connectivity index (χ4v) is 3.54. The summed E-state index contributed by atoms with van der Waals surface area (Å²) in [6.07, 6.45) is 0. The molecule has 0 saturated heterocycles. The van der Waals surface area contributed by atoms with Gasteiger partial charge in [0.05, 0.1) is 22.2 Å². The highest BCUT2D eigenvalue weighted by atomic mass is 79.9. The number of hydrogen-bond acceptors (Lipinski definition) is 4. The molecule has 0 aliphatic heterocycles. The zero-order chi connectivity index (χ0) is 19.8. The fraction of sp³-hybridized carbons (Fsp3) is 0.200. The Hall–Kier alpha value is -2.71. The van der Waals surface area contributed by atoms with Gasteiger partial charge in [0.2, 0.25) is 0 Å². The lowest BCUT2D eigenvalue weighted by atomic mass is 10.1. The molecule has 2 heterocycles. The number of aromatic nitrogens is 3. The third-order valence-corrected chi connectivity index (χ3v) is 5.01. The molecule has 0 aliphatic rings. The minimum absolute atomic E-state index is 0.262. The number of pyridine rings is 1. The van der Waals surface area contributed by atoms with Gasteiger partial charge in [-0.3, -0.25) is 4.79 Å². The molecule has 6 nitrogen and oxygen atoms in total. The molecule has 0 spiro atoms. The summed E-state index contributed by atoms with van der Waals surface area (Å²) >= 11 is 3.50. The molecule has 4 aromatic rings. The molecule has 0 saturated carbocycles. The minimum atomic E-state index is -0.358. The predicted octanol–water partition coefficient (Wildman–Crippen LogP) is 3.95. The van der Waals surface area contributed by atoms with Gasteiger partial charge in [0.25, 0.3) is 5.56 Å². The number of nitrogens with one attached hydrogen (secondary N) is 3. The van der Waals surface area contributed by atoms with E-state index in [0.29, 0.717) is 34.7 Å². The number of anilines is 1. The molecule has 4 rings (SSSR count). The number of likely N-dealkylation sites (N-methyl/N-ethyl adjacent to an activating group) is 1. The van der Waals surface area contributed by atoms with E-state index in [9.17, 15) is 9.18 Å². The van der Waals surface area contributed by atoms with Crippen LogP contribution < -0.4 is 10.9 Å². The molecule has 0 bridgehead atoms. The summed E-state index contributed by atoms with van der Waals surface area (Å²) in [6, 6.07) is 10.0. The Labute approximate surface area is 168 Å². The highest BCUT2D eigenvalue weighted by Crippen LogP contribution is 2.32. The molecule has 2 aromatic carbocycles. The molecule has 0 unspecified atom stereocenters. The molecule has 0 fully saturated rings. The van der Waals surface area contributed by atoms with E-state index in [1.165, 1.54) is 12.1 Å². The molecule has 0 aliphatic carbocycles. The van der Waals surface area contributed by atoms with Crippen LogP contribution in [0.1, 0.15) is 0 Å². The van der Waals surface area contributed by atoms with Crippen molar-refractivity contribution in [1.29, 1.82) is 0 Å². The average Bonchev–Trinajstić information content (AvgIpc) is 3.04. The number of rotatable bonds is 5. The molecular formula is C20H19BrFN5O. The van der Waals surface area contributed by atoms with Crippen LogP contribution in [0.15, 0.2) is 45.7 Å². The Bertz CT molecular complexity index is 1230. The summed E-state index contributed by atoms with van der Waals surface area (Å²) in [5, 5.41) is 4.26. The normalized spacial score (nSPS) is 11.6. The Balaban J connectivity index is 1.94. The maximum Gasteiger partial charge on any atom is 0.261 e. The number of nitrogens with zero attached hydrogens (tertiary/aromatic N) is 2. The number of hydrogen-bond donors (Lipinski definition) is 3. The number of imidazole rings is 1. The summed E-state index contributed by atoms with van der Waals surface area (Å²) in [5.74, 6) is 0.0412. The molecule has 3 N–H and O–H groups in total. The van der Waals surface area contributed by atoms with Gasteiger partial charge in [-0.25, -0.2) is 9.37 Å². The summed E-state index contributed by atoms with van der Waals surface area (Å²) in [7, 11) is 3.98. The lowest BCUT2D eigenvalue weighted by Crippen LogP contribution is -2.22. The third-order valence-electron chi connectivity index (χ3n) is 4.52. The molecule has 0 radical (unpaired) electrons. The van der Waals surface area contributed by atoms with E-state index < -0.39 is 0 Å². The lowest BCUT2D eigenvalue weighted by Gasteiger charge is -2.16. The van der Waals surface area contributed by atoms with E-state index in [0.717, 1.165) is 21.9 Å². The van der Waals surface area contributed by atoms with E-state index in [2.05, 4.69) is 41.1 Å². The van der Waals surface area contributed by atoms with Crippen molar-refractivity contribution in [3.8, 4) is 11.4 Å². The quantitative estimate of drug-likeness (QED) is 0.436. The molecule has 8 heteroatoms. The SMILES string of the molecule is CN(C)CCNc1c(-c2nc3ccc(F)cc3[nH]2)c(=O)[nH]c2ccc(Br)cc12. The predicted molar refractivity (Wildman–Crippen MR) is 114 cm³/mol. The second kappa shape index (κ2) is 7.37. The van der Waals surface area contributed by atoms with Crippen molar-refractivity contribution in [2.75, 3.05) is 32.5 Å². The van der Waals surface area contributed by atoms with E-state index in [-0.39, 0.29) is 11.4 Å². The number of fused-ring (bicyclic) bond motifs is 2. The molecular weight excluding hydrogens is 425 g/mol. The first-order chi connectivity index (χ1) is 13.4. The van der Waals surface area contributed by atoms with Crippen LogP contribution in [0.4, 0.5) is 10.1 Å². The maximum atomic E-state index is 13.6. The monoisotopic (exact) mass is 443 g/mol. The van der Waals surface area contributed by atoms with Gasteiger partial charge < -0.3 is 20.2 Å². The third kappa shape index (κ3) is 3.53. The van der Waals surface area contributed by atoms with Crippen LogP contribution in [-0.2, 0) is 0 Å². The summed E-state index contributed by atoms with van der Waals surface area (Å²) in [5.41, 5.74) is 2.71. The van der Waals surface area contributed by atoms with Gasteiger partial charge in [0, 0.05) is 22.9 Å². The molecule has 144 valence electrons. The van der Waals surface area contributed by atoms with Crippen molar-refractivity contribution in [3.05, 3.63) is 57.0 Å². The van der Waals surface area contributed by atoms with Crippen LogP contribution in [-0.4, -0.2) is 47.0 Å². The summed E-state index contributed by atoms with van der Waals surface area (Å²) in [4.78, 5) is 25.5. The molecule has 28 heavy (non-hydrogen) atoms. The summed E-state index contributed by atoms with van der Waals surface area (Å²) in [6.45, 7) is 1.45. The molecule has 0 atom stereocenters. The number of halogens is 2. The Kier molecular flexibility index (Phi) is 4.91. The topological polar surface area (TPSA) is 76.8 Å². The van der Waals surface area contributed by atoms with Gasteiger partial charge in [0.15, 0.2) is 0 Å². The summed E-state index contributed by atoms with van der Waals surface area (Å²) < 4.78 is 14.5. The highest BCUT2D eigenvalue weighted by molar-refractivity contribution is 9.10. The Morgan fingerprint density at radius 1 is 1.14 bits per heavy atom. The number of H-pyrrole nitrogens is 2. The van der Waals surface area contributed by atoms with Crippen molar-refractivity contribution >= 4 is 43.6 Å². The first-order valence-corrected chi connectivity index (χ1v) is 9.61. The van der Waals surface area contributed by atoms with Gasteiger partial charge in [-0.2, -0.15) is 0 Å². The van der Waals surface area contributed by atoms with Crippen molar-refractivity contribution in [2.24, 2.45) is 0 Å². The average molecular weight is 444 g/mol. The van der Waals surface area contributed by atoms with Crippen LogP contribution in [0.5, 0.6) is 0 Å². The van der Waals surface area contributed by atoms with Gasteiger partial charge in [0.1, 0.15) is 17.2 Å². The second-order valence-corrected chi connectivity index (χ2v) is 7.79. The zero-order valence-corrected chi connectivity index (χ0v) is 17.0. The van der Waals surface area contributed by atoms with Gasteiger partial charge >= 0.3 is 0 Å². The smallest absolute Gasteiger partial charge is 0.261 e. The fourth-order valence-electron chi connectivity index (χ4n) is 3.18. The van der Waals surface area contributed by atoms with Crippen LogP contribution in [0.2, 0.25) is 0 Å². The van der Waals surface area contributed by atoms with Gasteiger partial charge in [-0.1, -0.05) is 15.9 Å². The first kappa shape index (κ1) is 18.6. The van der Waals surface area contributed by atoms with Crippen LogP contribution >= 0.6 is 15.9 Å². The van der Waals surface area contributed by atoms with E-state index in [4.69, 9.17) is 0 Å².